The van der Waals surface area contributed by atoms with E-state index < -0.39 is 12.1 Å². The van der Waals surface area contributed by atoms with Gasteiger partial charge in [0, 0.05) is 30.3 Å². The molecule has 3 heterocycles. The molecule has 28 heavy (non-hydrogen) atoms. The van der Waals surface area contributed by atoms with Gasteiger partial charge in [0.15, 0.2) is 11.6 Å². The average Bonchev–Trinajstić information content (AvgIpc) is 3.48. The van der Waals surface area contributed by atoms with Crippen LogP contribution in [0.1, 0.15) is 31.5 Å². The molecule has 1 aliphatic heterocycles. The van der Waals surface area contributed by atoms with Crippen LogP contribution in [0.3, 0.4) is 0 Å². The van der Waals surface area contributed by atoms with E-state index in [1.165, 1.54) is 12.3 Å². The number of halogens is 3. The second kappa shape index (κ2) is 7.08. The zero-order valence-electron chi connectivity index (χ0n) is 15.2. The minimum absolute atomic E-state index is 0.136. The summed E-state index contributed by atoms with van der Waals surface area (Å²) in [4.78, 5) is 15.2. The number of hydrogen-bond donors (Lipinski definition) is 1. The lowest BCUT2D eigenvalue weighted by Crippen LogP contribution is -2.44. The van der Waals surface area contributed by atoms with E-state index in [4.69, 9.17) is 15.5 Å². The molecule has 150 valence electrons. The van der Waals surface area contributed by atoms with E-state index in [-0.39, 0.29) is 17.8 Å². The number of nitrogens with two attached hydrogens (primary N) is 1. The van der Waals surface area contributed by atoms with Crippen molar-refractivity contribution in [3.8, 4) is 17.0 Å². The van der Waals surface area contributed by atoms with Crippen molar-refractivity contribution in [3.63, 3.8) is 0 Å². The summed E-state index contributed by atoms with van der Waals surface area (Å²) < 4.78 is 47.4. The van der Waals surface area contributed by atoms with E-state index in [2.05, 4.69) is 19.6 Å². The Balaban J connectivity index is 1.74. The second-order valence-corrected chi connectivity index (χ2v) is 7.02. The van der Waals surface area contributed by atoms with Gasteiger partial charge in [0.1, 0.15) is 11.6 Å². The predicted molar refractivity (Wildman–Crippen MR) is 96.0 cm³/mol. The fraction of sp³-hybridized carbons (Fsp3) is 0.500. The number of hydrogen-bond acceptors (Lipinski definition) is 7. The van der Waals surface area contributed by atoms with Crippen LogP contribution in [0.5, 0.6) is 5.75 Å². The maximum atomic E-state index is 12.6. The molecular weight excluding hydrogens is 375 g/mol. The minimum Gasteiger partial charge on any atom is -0.402 e. The molecule has 0 radical (unpaired) electrons. The third-order valence-corrected chi connectivity index (χ3v) is 4.74. The first-order valence-electron chi connectivity index (χ1n) is 9.05. The van der Waals surface area contributed by atoms with Gasteiger partial charge in [0.05, 0.1) is 24.9 Å². The van der Waals surface area contributed by atoms with Crippen molar-refractivity contribution in [2.75, 3.05) is 30.4 Å². The van der Waals surface area contributed by atoms with Gasteiger partial charge in [-0.2, -0.15) is 0 Å². The molecule has 0 unspecified atom stereocenters. The van der Waals surface area contributed by atoms with E-state index in [1.54, 1.807) is 6.07 Å². The third kappa shape index (κ3) is 4.11. The molecular formula is C18H20F3N5O2. The van der Waals surface area contributed by atoms with Crippen LogP contribution < -0.4 is 15.4 Å². The normalized spacial score (nSPS) is 20.3. The number of nitrogens with zero attached hydrogens (tertiary/aromatic N) is 4. The van der Waals surface area contributed by atoms with E-state index >= 15 is 0 Å². The molecule has 0 aromatic carbocycles. The number of ether oxygens (including phenoxy) is 2. The highest BCUT2D eigenvalue weighted by Crippen LogP contribution is 2.40. The molecule has 1 aliphatic carbocycles. The Kier molecular flexibility index (Phi) is 4.74. The fourth-order valence-electron chi connectivity index (χ4n) is 3.14. The number of pyridine rings is 1. The molecule has 2 aliphatic rings. The highest BCUT2D eigenvalue weighted by atomic mass is 19.4. The first kappa shape index (κ1) is 18.7. The monoisotopic (exact) mass is 395 g/mol. The summed E-state index contributed by atoms with van der Waals surface area (Å²) >= 11 is 0. The molecule has 0 amide bonds. The molecule has 4 rings (SSSR count). The quantitative estimate of drug-likeness (QED) is 0.851. The SMILES string of the molecule is C[C@H]1COCCN1c1cc(-c2cnc(N)c(OC(F)(F)F)c2)nc(C2CC2)n1. The Bertz CT molecular complexity index is 873. The maximum absolute atomic E-state index is 12.6. The fourth-order valence-corrected chi connectivity index (χ4v) is 3.14. The van der Waals surface area contributed by atoms with Gasteiger partial charge in [-0.3, -0.25) is 0 Å². The third-order valence-electron chi connectivity index (χ3n) is 4.74. The Morgan fingerprint density at radius 2 is 2.04 bits per heavy atom. The molecule has 2 aromatic rings. The molecule has 1 atom stereocenters. The maximum Gasteiger partial charge on any atom is 0.573 e. The van der Waals surface area contributed by atoms with Gasteiger partial charge in [0.2, 0.25) is 0 Å². The second-order valence-electron chi connectivity index (χ2n) is 7.02. The van der Waals surface area contributed by atoms with Crippen molar-refractivity contribution in [2.24, 2.45) is 0 Å². The molecule has 0 bridgehead atoms. The van der Waals surface area contributed by atoms with E-state index in [1.807, 2.05) is 6.92 Å². The molecule has 7 nitrogen and oxygen atoms in total. The molecule has 2 aromatic heterocycles. The lowest BCUT2D eigenvalue weighted by Gasteiger charge is -2.34. The van der Waals surface area contributed by atoms with Crippen LogP contribution >= 0.6 is 0 Å². The van der Waals surface area contributed by atoms with Gasteiger partial charge in [-0.25, -0.2) is 15.0 Å². The molecule has 2 fully saturated rings. The van der Waals surface area contributed by atoms with Crippen molar-refractivity contribution in [3.05, 3.63) is 24.2 Å². The Morgan fingerprint density at radius 1 is 1.25 bits per heavy atom. The number of alkyl halides is 3. The van der Waals surface area contributed by atoms with Gasteiger partial charge in [-0.15, -0.1) is 13.2 Å². The van der Waals surface area contributed by atoms with Crippen LogP contribution in [0.4, 0.5) is 24.8 Å². The average molecular weight is 395 g/mol. The summed E-state index contributed by atoms with van der Waals surface area (Å²) in [5.74, 6) is 0.833. The van der Waals surface area contributed by atoms with Crippen molar-refractivity contribution in [1.82, 2.24) is 15.0 Å². The van der Waals surface area contributed by atoms with E-state index in [0.29, 0.717) is 36.8 Å². The summed E-state index contributed by atoms with van der Waals surface area (Å²) in [6.45, 7) is 3.91. The topological polar surface area (TPSA) is 86.4 Å². The van der Waals surface area contributed by atoms with Gasteiger partial charge >= 0.3 is 6.36 Å². The number of morpholine rings is 1. The molecule has 1 saturated carbocycles. The minimum atomic E-state index is -4.85. The van der Waals surface area contributed by atoms with Crippen LogP contribution in [0.15, 0.2) is 18.3 Å². The van der Waals surface area contributed by atoms with Crippen molar-refractivity contribution in [2.45, 2.75) is 38.1 Å². The molecule has 0 spiro atoms. The summed E-state index contributed by atoms with van der Waals surface area (Å²) in [7, 11) is 0. The molecule has 2 N–H and O–H groups in total. The Hall–Kier alpha value is -2.62. The van der Waals surface area contributed by atoms with Gasteiger partial charge < -0.3 is 20.1 Å². The van der Waals surface area contributed by atoms with Crippen molar-refractivity contribution >= 4 is 11.6 Å². The van der Waals surface area contributed by atoms with Crippen LogP contribution in [-0.4, -0.2) is 47.1 Å². The zero-order chi connectivity index (χ0) is 19.9. The van der Waals surface area contributed by atoms with Gasteiger partial charge in [-0.05, 0) is 25.8 Å². The highest BCUT2D eigenvalue weighted by Gasteiger charge is 2.33. The van der Waals surface area contributed by atoms with Crippen molar-refractivity contribution in [1.29, 1.82) is 0 Å². The smallest absolute Gasteiger partial charge is 0.402 e. The summed E-state index contributed by atoms with van der Waals surface area (Å²) in [6, 6.07) is 3.11. The number of nitrogen functional groups attached to an aromatic ring is 1. The predicted octanol–water partition coefficient (Wildman–Crippen LogP) is 3.12. The summed E-state index contributed by atoms with van der Waals surface area (Å²) in [6.07, 6.45) is -1.45. The summed E-state index contributed by atoms with van der Waals surface area (Å²) in [5.41, 5.74) is 6.42. The van der Waals surface area contributed by atoms with E-state index in [9.17, 15) is 13.2 Å². The summed E-state index contributed by atoms with van der Waals surface area (Å²) in [5, 5.41) is 0. The highest BCUT2D eigenvalue weighted by molar-refractivity contribution is 5.66. The van der Waals surface area contributed by atoms with E-state index in [0.717, 1.165) is 18.7 Å². The van der Waals surface area contributed by atoms with Gasteiger partial charge in [-0.1, -0.05) is 0 Å². The molecule has 10 heteroatoms. The Morgan fingerprint density at radius 3 is 2.71 bits per heavy atom. The van der Waals surface area contributed by atoms with Crippen LogP contribution in [-0.2, 0) is 4.74 Å². The standard InChI is InChI=1S/C18H20F3N5O2/c1-10-9-27-5-4-26(10)15-7-13(24-17(25-15)11-2-3-11)12-6-14(16(22)23-8-12)28-18(19,20)21/h6-8,10-11H,2-5,9H2,1H3,(H2,22,23)/t10-/m0/s1. The zero-order valence-corrected chi connectivity index (χ0v) is 15.2. The lowest BCUT2D eigenvalue weighted by molar-refractivity contribution is -0.274. The number of rotatable bonds is 4. The first-order chi connectivity index (χ1) is 13.3. The lowest BCUT2D eigenvalue weighted by atomic mass is 10.1. The number of anilines is 2. The van der Waals surface area contributed by atoms with Gasteiger partial charge in [0.25, 0.3) is 0 Å². The molecule has 1 saturated heterocycles. The largest absolute Gasteiger partial charge is 0.573 e. The number of aromatic nitrogens is 3. The van der Waals surface area contributed by atoms with Crippen LogP contribution in [0, 0.1) is 0 Å². The first-order valence-corrected chi connectivity index (χ1v) is 9.05. The van der Waals surface area contributed by atoms with Crippen LogP contribution in [0.2, 0.25) is 0 Å². The van der Waals surface area contributed by atoms with Crippen molar-refractivity contribution < 1.29 is 22.6 Å². The van der Waals surface area contributed by atoms with Crippen LogP contribution in [0.25, 0.3) is 11.3 Å². The Labute approximate surface area is 159 Å².